The van der Waals surface area contributed by atoms with Crippen molar-refractivity contribution in [3.05, 3.63) is 58.1 Å². The van der Waals surface area contributed by atoms with E-state index >= 15 is 0 Å². The quantitative estimate of drug-likeness (QED) is 0.144. The molecule has 0 aliphatic heterocycles. The summed E-state index contributed by atoms with van der Waals surface area (Å²) < 4.78 is 29.4. The second-order valence-electron chi connectivity index (χ2n) is 12.7. The summed E-state index contributed by atoms with van der Waals surface area (Å²) in [7, 11) is 0. The lowest BCUT2D eigenvalue weighted by Crippen LogP contribution is -2.67. The molecule has 47 heavy (non-hydrogen) atoms. The highest BCUT2D eigenvalue weighted by molar-refractivity contribution is 6.33. The van der Waals surface area contributed by atoms with Gasteiger partial charge in [-0.05, 0) is 73.9 Å². The summed E-state index contributed by atoms with van der Waals surface area (Å²) in [5.41, 5.74) is -0.261. The number of amides is 2. The molecule has 0 unspecified atom stereocenters. The molecule has 2 amide bonds. The molecular weight excluding hydrogens is 624 g/mol. The van der Waals surface area contributed by atoms with Gasteiger partial charge in [0.1, 0.15) is 22.5 Å². The van der Waals surface area contributed by atoms with E-state index in [2.05, 4.69) is 5.32 Å². The van der Waals surface area contributed by atoms with Crippen LogP contribution >= 0.6 is 11.6 Å². The van der Waals surface area contributed by atoms with E-state index in [1.165, 1.54) is 6.92 Å². The van der Waals surface area contributed by atoms with E-state index < -0.39 is 29.2 Å². The summed E-state index contributed by atoms with van der Waals surface area (Å²) >= 11 is 6.95. The molecule has 1 N–H and O–H groups in total. The Bertz CT molecular complexity index is 1370. The van der Waals surface area contributed by atoms with Crippen molar-refractivity contribution in [1.29, 1.82) is 0 Å². The van der Waals surface area contributed by atoms with Gasteiger partial charge in [0, 0.05) is 31.6 Å². The molecule has 260 valence electrons. The molecule has 0 radical (unpaired) electrons. The maximum absolute atomic E-state index is 14.3. The largest absolute Gasteiger partial charge is 0.493 e. The summed E-state index contributed by atoms with van der Waals surface area (Å²) in [6.07, 6.45) is 0.144. The first-order valence-electron chi connectivity index (χ1n) is 16.4. The minimum Gasteiger partial charge on any atom is -0.493 e. The first-order valence-corrected chi connectivity index (χ1v) is 16.8. The van der Waals surface area contributed by atoms with Gasteiger partial charge in [0.2, 0.25) is 0 Å². The van der Waals surface area contributed by atoms with Gasteiger partial charge in [0.25, 0.3) is 0 Å². The van der Waals surface area contributed by atoms with Crippen LogP contribution in [0.4, 0.5) is 4.79 Å². The SMILES string of the molecule is CCOc1cc([C@@H](C)N(CCO[C@@H](C)c2ccccc2)C(=O)N[C@]2(C(=O)OC(C)(C)C)C[C@@H](OCC)C2)c(Cl)c(OCC)c1C(C)=O. The van der Waals surface area contributed by atoms with Crippen molar-refractivity contribution in [3.63, 3.8) is 0 Å². The molecule has 0 aromatic heterocycles. The lowest BCUT2D eigenvalue weighted by Gasteiger charge is -2.47. The number of hydrogen-bond donors (Lipinski definition) is 1. The van der Waals surface area contributed by atoms with Crippen LogP contribution in [0.2, 0.25) is 5.02 Å². The second kappa shape index (κ2) is 16.7. The van der Waals surface area contributed by atoms with E-state index in [-0.39, 0.29) is 66.9 Å². The van der Waals surface area contributed by atoms with E-state index in [0.29, 0.717) is 24.5 Å². The molecule has 2 atom stereocenters. The van der Waals surface area contributed by atoms with Gasteiger partial charge in [0.15, 0.2) is 11.5 Å². The lowest BCUT2D eigenvalue weighted by atomic mass is 9.74. The third-order valence-electron chi connectivity index (χ3n) is 7.99. The summed E-state index contributed by atoms with van der Waals surface area (Å²) in [6, 6.07) is 10.3. The van der Waals surface area contributed by atoms with E-state index in [4.69, 9.17) is 35.3 Å². The molecule has 1 aliphatic rings. The van der Waals surface area contributed by atoms with Gasteiger partial charge < -0.3 is 33.9 Å². The monoisotopic (exact) mass is 674 g/mol. The minimum atomic E-state index is -1.27. The molecule has 0 heterocycles. The molecule has 0 spiro atoms. The van der Waals surface area contributed by atoms with Crippen molar-refractivity contribution in [3.8, 4) is 11.5 Å². The highest BCUT2D eigenvalue weighted by atomic mass is 35.5. The Morgan fingerprint density at radius 2 is 1.66 bits per heavy atom. The average molecular weight is 675 g/mol. The Labute approximate surface area is 284 Å². The van der Waals surface area contributed by atoms with Crippen LogP contribution in [0.3, 0.4) is 0 Å². The van der Waals surface area contributed by atoms with Gasteiger partial charge in [-0.15, -0.1) is 0 Å². The van der Waals surface area contributed by atoms with Crippen molar-refractivity contribution >= 4 is 29.4 Å². The fraction of sp³-hybridized carbons (Fsp3) is 0.583. The number of rotatable bonds is 16. The molecule has 2 aromatic rings. The third-order valence-corrected chi connectivity index (χ3v) is 8.38. The van der Waals surface area contributed by atoms with Gasteiger partial charge in [-0.2, -0.15) is 0 Å². The van der Waals surface area contributed by atoms with E-state index in [1.807, 2.05) is 58.0 Å². The maximum Gasteiger partial charge on any atom is 0.332 e. The molecule has 0 saturated heterocycles. The van der Waals surface area contributed by atoms with Crippen molar-refractivity contribution < 1.29 is 38.1 Å². The first-order chi connectivity index (χ1) is 22.2. The molecule has 10 nitrogen and oxygen atoms in total. The standard InChI is InChI=1S/C36H51ClN2O8/c1-10-43-27-21-36(22-27,33(41)47-35(7,8)9)38-34(42)39(18-19-46-25(6)26-16-14-13-15-17-26)23(4)28-20-29(44-11-2)30(24(5)40)32(31(28)37)45-12-3/h13-17,20,23,25,27H,10-12,18-19,21-22H2,1-9H3,(H,38,42)/t23-,25+,27-,36-/m1/s1. The van der Waals surface area contributed by atoms with Gasteiger partial charge in [-0.25, -0.2) is 9.59 Å². The molecule has 1 fully saturated rings. The number of esters is 1. The average Bonchev–Trinajstić information content (AvgIpc) is 2.98. The van der Waals surface area contributed by atoms with Crippen molar-refractivity contribution in [2.24, 2.45) is 0 Å². The zero-order valence-corrected chi connectivity index (χ0v) is 30.0. The number of Topliss-reactive ketones (excluding diaryl/α,β-unsaturated/α-hetero) is 1. The van der Waals surface area contributed by atoms with Crippen LogP contribution in [0.5, 0.6) is 11.5 Å². The van der Waals surface area contributed by atoms with Crippen LogP contribution < -0.4 is 14.8 Å². The van der Waals surface area contributed by atoms with E-state index in [1.54, 1.807) is 38.7 Å². The maximum atomic E-state index is 14.3. The number of carbonyl (C=O) groups is 3. The van der Waals surface area contributed by atoms with Crippen LogP contribution in [0.15, 0.2) is 36.4 Å². The van der Waals surface area contributed by atoms with Crippen LogP contribution in [0, 0.1) is 0 Å². The number of nitrogens with one attached hydrogen (secondary N) is 1. The highest BCUT2D eigenvalue weighted by Gasteiger charge is 2.54. The fourth-order valence-corrected chi connectivity index (χ4v) is 6.01. The summed E-state index contributed by atoms with van der Waals surface area (Å²) in [6.45, 7) is 17.5. The van der Waals surface area contributed by atoms with Crippen LogP contribution in [0.25, 0.3) is 0 Å². The van der Waals surface area contributed by atoms with Gasteiger partial charge in [-0.3, -0.25) is 4.79 Å². The van der Waals surface area contributed by atoms with Crippen molar-refractivity contribution in [1.82, 2.24) is 10.2 Å². The predicted molar refractivity (Wildman–Crippen MR) is 181 cm³/mol. The number of benzene rings is 2. The number of hydrogen-bond acceptors (Lipinski definition) is 8. The molecule has 2 aromatic carbocycles. The predicted octanol–water partition coefficient (Wildman–Crippen LogP) is 7.47. The Kier molecular flexibility index (Phi) is 13.5. The molecule has 1 saturated carbocycles. The van der Waals surface area contributed by atoms with Crippen molar-refractivity contribution in [2.45, 2.75) is 105 Å². The number of ether oxygens (including phenoxy) is 5. The summed E-state index contributed by atoms with van der Waals surface area (Å²) in [5.74, 6) is -0.263. The number of ketones is 1. The highest BCUT2D eigenvalue weighted by Crippen LogP contribution is 2.43. The summed E-state index contributed by atoms with van der Waals surface area (Å²) in [4.78, 5) is 42.1. The van der Waals surface area contributed by atoms with Crippen LogP contribution in [0.1, 0.15) is 109 Å². The number of nitrogens with zero attached hydrogens (tertiary/aromatic N) is 1. The van der Waals surface area contributed by atoms with Crippen LogP contribution in [-0.2, 0) is 19.0 Å². The second-order valence-corrected chi connectivity index (χ2v) is 13.1. The fourth-order valence-electron chi connectivity index (χ4n) is 5.65. The third kappa shape index (κ3) is 9.61. The van der Waals surface area contributed by atoms with E-state index in [0.717, 1.165) is 5.56 Å². The van der Waals surface area contributed by atoms with Gasteiger partial charge in [-0.1, -0.05) is 41.9 Å². The zero-order valence-electron chi connectivity index (χ0n) is 29.2. The minimum absolute atomic E-state index is 0.155. The Hall–Kier alpha value is -3.34. The van der Waals surface area contributed by atoms with E-state index in [9.17, 15) is 14.4 Å². The Balaban J connectivity index is 2.02. The lowest BCUT2D eigenvalue weighted by molar-refractivity contribution is -0.174. The van der Waals surface area contributed by atoms with Crippen LogP contribution in [-0.4, -0.2) is 72.9 Å². The molecular formula is C36H51ClN2O8. The normalized spacial score (nSPS) is 18.8. The first kappa shape index (κ1) is 38.1. The Morgan fingerprint density at radius 3 is 2.21 bits per heavy atom. The molecule has 3 rings (SSSR count). The Morgan fingerprint density at radius 1 is 1.02 bits per heavy atom. The van der Waals surface area contributed by atoms with Crippen molar-refractivity contribution in [2.75, 3.05) is 33.0 Å². The molecule has 1 aliphatic carbocycles. The smallest absolute Gasteiger partial charge is 0.332 e. The van der Waals surface area contributed by atoms with Gasteiger partial charge >= 0.3 is 12.0 Å². The number of carbonyl (C=O) groups excluding carboxylic acids is 3. The number of urea groups is 1. The summed E-state index contributed by atoms with van der Waals surface area (Å²) in [5, 5.41) is 3.21. The molecule has 0 bridgehead atoms. The van der Waals surface area contributed by atoms with Gasteiger partial charge in [0.05, 0.1) is 43.1 Å². The number of halogens is 1. The molecule has 11 heteroatoms. The topological polar surface area (TPSA) is 113 Å². The zero-order chi connectivity index (χ0) is 34.9.